The number of amides is 1. The van der Waals surface area contributed by atoms with Crippen LogP contribution in [0.4, 0.5) is 4.79 Å². The molecule has 0 radical (unpaired) electrons. The van der Waals surface area contributed by atoms with Crippen molar-refractivity contribution in [2.45, 2.75) is 52.2 Å². The van der Waals surface area contributed by atoms with Crippen molar-refractivity contribution in [3.63, 3.8) is 0 Å². The van der Waals surface area contributed by atoms with Crippen LogP contribution in [0.15, 0.2) is 0 Å². The number of piperidine rings is 1. The van der Waals surface area contributed by atoms with Crippen molar-refractivity contribution in [3.8, 4) is 0 Å². The highest BCUT2D eigenvalue weighted by molar-refractivity contribution is 5.67. The SMILES string of the molecule is CCN(C(=O)OC(C)(C)C)N1CC[C@H]2C[C@@H]21. The molecule has 0 aromatic heterocycles. The molecule has 1 aliphatic heterocycles. The summed E-state index contributed by atoms with van der Waals surface area (Å²) in [5.74, 6) is 0.830. The Morgan fingerprint density at radius 1 is 1.50 bits per heavy atom. The third-order valence-corrected chi connectivity index (χ3v) is 3.21. The van der Waals surface area contributed by atoms with E-state index >= 15 is 0 Å². The molecule has 0 unspecified atom stereocenters. The molecule has 2 fully saturated rings. The first kappa shape index (κ1) is 11.7. The molecule has 0 aromatic carbocycles. The summed E-state index contributed by atoms with van der Waals surface area (Å²) in [6, 6.07) is 0.604. The van der Waals surface area contributed by atoms with Gasteiger partial charge in [0, 0.05) is 19.1 Å². The van der Waals surface area contributed by atoms with Gasteiger partial charge in [-0.25, -0.2) is 14.8 Å². The van der Waals surface area contributed by atoms with Gasteiger partial charge in [-0.05, 0) is 46.5 Å². The van der Waals surface area contributed by atoms with Crippen molar-refractivity contribution in [2.75, 3.05) is 13.1 Å². The largest absolute Gasteiger partial charge is 0.443 e. The van der Waals surface area contributed by atoms with Crippen molar-refractivity contribution >= 4 is 6.09 Å². The average molecular weight is 226 g/mol. The van der Waals surface area contributed by atoms with Crippen LogP contribution in [0.3, 0.4) is 0 Å². The predicted molar refractivity (Wildman–Crippen MR) is 61.8 cm³/mol. The van der Waals surface area contributed by atoms with Gasteiger partial charge in [0.25, 0.3) is 0 Å². The Morgan fingerprint density at radius 3 is 2.56 bits per heavy atom. The third kappa shape index (κ3) is 2.32. The number of hydrogen-bond donors (Lipinski definition) is 0. The van der Waals surface area contributed by atoms with Gasteiger partial charge in [0.05, 0.1) is 0 Å². The molecular formula is C12H22N2O2. The summed E-state index contributed by atoms with van der Waals surface area (Å²) in [5.41, 5.74) is -0.410. The number of hydrazine groups is 1. The third-order valence-electron chi connectivity index (χ3n) is 3.21. The molecule has 92 valence electrons. The average Bonchev–Trinajstić information content (AvgIpc) is 2.80. The Balaban J connectivity index is 1.96. The van der Waals surface area contributed by atoms with Crippen LogP contribution in [0, 0.1) is 5.92 Å². The molecule has 0 aromatic rings. The van der Waals surface area contributed by atoms with E-state index in [9.17, 15) is 4.79 Å². The quantitative estimate of drug-likeness (QED) is 0.724. The topological polar surface area (TPSA) is 32.8 Å². The van der Waals surface area contributed by atoms with Crippen LogP contribution in [0.25, 0.3) is 0 Å². The Morgan fingerprint density at radius 2 is 2.19 bits per heavy atom. The molecule has 0 spiro atoms. The van der Waals surface area contributed by atoms with E-state index in [0.717, 1.165) is 12.5 Å². The number of fused-ring (bicyclic) bond motifs is 1. The van der Waals surface area contributed by atoms with Crippen LogP contribution in [-0.2, 0) is 4.74 Å². The second-order valence-electron chi connectivity index (χ2n) is 5.71. The van der Waals surface area contributed by atoms with Gasteiger partial charge >= 0.3 is 6.09 Å². The molecule has 1 saturated carbocycles. The maximum Gasteiger partial charge on any atom is 0.424 e. The van der Waals surface area contributed by atoms with E-state index in [2.05, 4.69) is 5.01 Å². The van der Waals surface area contributed by atoms with Crippen LogP contribution in [-0.4, -0.2) is 40.8 Å². The zero-order valence-electron chi connectivity index (χ0n) is 10.7. The molecule has 2 aliphatic rings. The Kier molecular flexibility index (Phi) is 2.86. The number of carbonyl (C=O) groups excluding carboxylic acids is 1. The molecule has 16 heavy (non-hydrogen) atoms. The smallest absolute Gasteiger partial charge is 0.424 e. The van der Waals surface area contributed by atoms with E-state index in [0.29, 0.717) is 12.6 Å². The van der Waals surface area contributed by atoms with Crippen molar-refractivity contribution in [1.82, 2.24) is 10.0 Å². The molecule has 1 amide bonds. The summed E-state index contributed by atoms with van der Waals surface area (Å²) >= 11 is 0. The van der Waals surface area contributed by atoms with E-state index in [-0.39, 0.29) is 6.09 Å². The van der Waals surface area contributed by atoms with E-state index in [1.807, 2.05) is 27.7 Å². The molecule has 1 heterocycles. The molecular weight excluding hydrogens is 204 g/mol. The maximum absolute atomic E-state index is 12.0. The lowest BCUT2D eigenvalue weighted by molar-refractivity contribution is -0.0458. The van der Waals surface area contributed by atoms with Gasteiger partial charge in [-0.15, -0.1) is 0 Å². The van der Waals surface area contributed by atoms with E-state index in [1.165, 1.54) is 12.8 Å². The number of carbonyl (C=O) groups is 1. The number of rotatable bonds is 2. The molecule has 1 aliphatic carbocycles. The minimum absolute atomic E-state index is 0.206. The first-order valence-electron chi connectivity index (χ1n) is 6.19. The van der Waals surface area contributed by atoms with Gasteiger partial charge in [-0.2, -0.15) is 0 Å². The van der Waals surface area contributed by atoms with Gasteiger partial charge in [0.15, 0.2) is 0 Å². The maximum atomic E-state index is 12.0. The number of nitrogens with zero attached hydrogens (tertiary/aromatic N) is 2. The zero-order valence-corrected chi connectivity index (χ0v) is 10.7. The van der Waals surface area contributed by atoms with Crippen molar-refractivity contribution < 1.29 is 9.53 Å². The zero-order chi connectivity index (χ0) is 11.9. The standard InChI is InChI=1S/C12H22N2O2/c1-5-13(11(15)16-12(2,3)4)14-7-6-9-8-10(9)14/h9-10H,5-8H2,1-4H3/t9-,10-/m0/s1. The molecule has 0 N–H and O–H groups in total. The summed E-state index contributed by atoms with van der Waals surface area (Å²) in [4.78, 5) is 12.0. The lowest BCUT2D eigenvalue weighted by Crippen LogP contribution is -2.48. The summed E-state index contributed by atoms with van der Waals surface area (Å²) < 4.78 is 5.42. The Hall–Kier alpha value is -0.770. The molecule has 4 heteroatoms. The summed E-state index contributed by atoms with van der Waals surface area (Å²) in [6.45, 7) is 9.41. The van der Waals surface area contributed by atoms with Gasteiger partial charge < -0.3 is 4.74 Å². The van der Waals surface area contributed by atoms with E-state index in [1.54, 1.807) is 5.01 Å². The van der Waals surface area contributed by atoms with Crippen molar-refractivity contribution in [3.05, 3.63) is 0 Å². The highest BCUT2D eigenvalue weighted by Gasteiger charge is 2.50. The Bertz CT molecular complexity index is 285. The Labute approximate surface area is 97.5 Å². The molecule has 4 nitrogen and oxygen atoms in total. The van der Waals surface area contributed by atoms with Crippen molar-refractivity contribution in [1.29, 1.82) is 0 Å². The summed E-state index contributed by atoms with van der Waals surface area (Å²) in [7, 11) is 0. The fourth-order valence-electron chi connectivity index (χ4n) is 2.40. The first-order valence-corrected chi connectivity index (χ1v) is 6.19. The van der Waals surface area contributed by atoms with Gasteiger partial charge in [0.1, 0.15) is 5.60 Å². The van der Waals surface area contributed by atoms with Gasteiger partial charge in [-0.1, -0.05) is 0 Å². The molecule has 1 saturated heterocycles. The van der Waals surface area contributed by atoms with Crippen molar-refractivity contribution in [2.24, 2.45) is 5.92 Å². The monoisotopic (exact) mass is 226 g/mol. The van der Waals surface area contributed by atoms with Crippen LogP contribution in [0.1, 0.15) is 40.5 Å². The lowest BCUT2D eigenvalue weighted by Gasteiger charge is -2.33. The van der Waals surface area contributed by atoms with Gasteiger partial charge in [-0.3, -0.25) is 0 Å². The molecule has 0 bridgehead atoms. The number of hydrogen-bond acceptors (Lipinski definition) is 3. The van der Waals surface area contributed by atoms with Crippen LogP contribution < -0.4 is 0 Å². The number of ether oxygens (including phenoxy) is 1. The molecule has 2 rings (SSSR count). The van der Waals surface area contributed by atoms with Crippen LogP contribution >= 0.6 is 0 Å². The normalized spacial score (nSPS) is 28.8. The minimum atomic E-state index is -0.410. The highest BCUT2D eigenvalue weighted by atomic mass is 16.6. The predicted octanol–water partition coefficient (Wildman–Crippen LogP) is 2.25. The van der Waals surface area contributed by atoms with Crippen LogP contribution in [0.5, 0.6) is 0 Å². The van der Waals surface area contributed by atoms with Crippen LogP contribution in [0.2, 0.25) is 0 Å². The van der Waals surface area contributed by atoms with E-state index < -0.39 is 5.60 Å². The molecule has 2 atom stereocenters. The first-order chi connectivity index (χ1) is 7.42. The second-order valence-corrected chi connectivity index (χ2v) is 5.71. The summed E-state index contributed by atoms with van der Waals surface area (Å²) in [6.07, 6.45) is 2.27. The lowest BCUT2D eigenvalue weighted by atomic mass is 10.2. The summed E-state index contributed by atoms with van der Waals surface area (Å²) in [5, 5.41) is 3.96. The minimum Gasteiger partial charge on any atom is -0.443 e. The van der Waals surface area contributed by atoms with Gasteiger partial charge in [0.2, 0.25) is 0 Å². The second kappa shape index (κ2) is 3.91. The van der Waals surface area contributed by atoms with E-state index in [4.69, 9.17) is 4.74 Å². The highest BCUT2D eigenvalue weighted by Crippen LogP contribution is 2.45. The fourth-order valence-corrected chi connectivity index (χ4v) is 2.40. The fraction of sp³-hybridized carbons (Fsp3) is 0.917.